The van der Waals surface area contributed by atoms with Crippen LogP contribution in [0.1, 0.15) is 37.9 Å². The zero-order valence-electron chi connectivity index (χ0n) is 13.8. The van der Waals surface area contributed by atoms with E-state index >= 15 is 0 Å². The average molecular weight is 329 g/mol. The van der Waals surface area contributed by atoms with E-state index in [-0.39, 0.29) is 5.76 Å². The molecule has 0 atom stereocenters. The molecule has 6 heteroatoms. The molecule has 0 amide bonds. The molecule has 1 aromatic carbocycles. The molecule has 0 saturated heterocycles. The summed E-state index contributed by atoms with van der Waals surface area (Å²) in [5.41, 5.74) is 1.04. The Morgan fingerprint density at radius 1 is 1.17 bits per heavy atom. The first-order valence-electron chi connectivity index (χ1n) is 8.83. The Balaban J connectivity index is 1.54. The maximum absolute atomic E-state index is 12.1. The minimum absolute atomic E-state index is 0.336. The van der Waals surface area contributed by atoms with Crippen molar-refractivity contribution in [3.8, 4) is 5.75 Å². The van der Waals surface area contributed by atoms with Crippen molar-refractivity contribution >= 4 is 5.69 Å². The lowest BCUT2D eigenvalue weighted by atomic mass is 9.89. The molecule has 0 bridgehead atoms. The van der Waals surface area contributed by atoms with Crippen molar-refractivity contribution in [2.24, 2.45) is 5.92 Å². The molecule has 4 rings (SSSR count). The number of hydrogen-bond donors (Lipinski definition) is 0. The Morgan fingerprint density at radius 3 is 2.88 bits per heavy atom. The molecular weight excluding hydrogens is 306 g/mol. The third-order valence-electron chi connectivity index (χ3n) is 5.08. The maximum Gasteiger partial charge on any atom is 0.441 e. The van der Waals surface area contributed by atoms with Crippen LogP contribution < -0.4 is 15.4 Å². The molecular formula is C18H23N3O3. The zero-order chi connectivity index (χ0) is 16.4. The predicted molar refractivity (Wildman–Crippen MR) is 90.3 cm³/mol. The van der Waals surface area contributed by atoms with Crippen molar-refractivity contribution in [1.82, 2.24) is 9.72 Å². The molecule has 0 N–H and O–H groups in total. The standard InChI is InChI=1S/C18H23N3O3/c22-18-21(12-14-6-2-1-3-7-14)17(19-24-18)13-20-10-11-23-16-9-5-4-8-15(16)20/h4-5,8-9,14H,1-3,6-7,10-13H2. The highest BCUT2D eigenvalue weighted by molar-refractivity contribution is 5.59. The zero-order valence-corrected chi connectivity index (χ0v) is 13.8. The van der Waals surface area contributed by atoms with Crippen molar-refractivity contribution in [1.29, 1.82) is 0 Å². The molecule has 0 unspecified atom stereocenters. The van der Waals surface area contributed by atoms with Crippen LogP contribution in [0.3, 0.4) is 0 Å². The van der Waals surface area contributed by atoms with Gasteiger partial charge in [0.25, 0.3) is 0 Å². The predicted octanol–water partition coefficient (Wildman–Crippen LogP) is 2.82. The normalized spacial score (nSPS) is 18.2. The molecule has 1 aliphatic carbocycles. The van der Waals surface area contributed by atoms with E-state index in [0.29, 0.717) is 24.9 Å². The monoisotopic (exact) mass is 329 g/mol. The summed E-state index contributed by atoms with van der Waals surface area (Å²) in [7, 11) is 0. The van der Waals surface area contributed by atoms with Gasteiger partial charge < -0.3 is 9.64 Å². The molecule has 1 aromatic heterocycles. The summed E-state index contributed by atoms with van der Waals surface area (Å²) in [6.07, 6.45) is 6.22. The van der Waals surface area contributed by atoms with Crippen LogP contribution in [-0.2, 0) is 13.1 Å². The van der Waals surface area contributed by atoms with E-state index in [1.807, 2.05) is 24.3 Å². The van der Waals surface area contributed by atoms with Gasteiger partial charge in [0.2, 0.25) is 0 Å². The van der Waals surface area contributed by atoms with Crippen LogP contribution in [0.15, 0.2) is 33.6 Å². The number of nitrogens with zero attached hydrogens (tertiary/aromatic N) is 3. The molecule has 1 fully saturated rings. The number of anilines is 1. The average Bonchev–Trinajstić information content (AvgIpc) is 2.96. The fourth-order valence-electron chi connectivity index (χ4n) is 3.78. The number of benzene rings is 1. The highest BCUT2D eigenvalue weighted by Gasteiger charge is 2.23. The summed E-state index contributed by atoms with van der Waals surface area (Å²) < 4.78 is 12.4. The molecule has 24 heavy (non-hydrogen) atoms. The Labute approximate surface area is 141 Å². The highest BCUT2D eigenvalue weighted by Crippen LogP contribution is 2.32. The minimum atomic E-state index is -0.336. The third kappa shape index (κ3) is 3.05. The molecule has 0 spiro atoms. The second kappa shape index (κ2) is 6.71. The van der Waals surface area contributed by atoms with Gasteiger partial charge in [-0.3, -0.25) is 9.09 Å². The van der Waals surface area contributed by atoms with Gasteiger partial charge >= 0.3 is 5.76 Å². The van der Waals surface area contributed by atoms with Gasteiger partial charge in [0.15, 0.2) is 5.82 Å². The third-order valence-corrected chi connectivity index (χ3v) is 5.08. The number of para-hydroxylation sites is 2. The van der Waals surface area contributed by atoms with E-state index < -0.39 is 0 Å². The van der Waals surface area contributed by atoms with Gasteiger partial charge in [-0.15, -0.1) is 0 Å². The van der Waals surface area contributed by atoms with Crippen LogP contribution >= 0.6 is 0 Å². The van der Waals surface area contributed by atoms with E-state index in [4.69, 9.17) is 9.26 Å². The minimum Gasteiger partial charge on any atom is -0.490 e. The van der Waals surface area contributed by atoms with Gasteiger partial charge in [-0.05, 0) is 30.9 Å². The molecule has 128 valence electrons. The van der Waals surface area contributed by atoms with Gasteiger partial charge in [-0.25, -0.2) is 4.79 Å². The smallest absolute Gasteiger partial charge is 0.441 e. The first kappa shape index (κ1) is 15.3. The van der Waals surface area contributed by atoms with Crippen LogP contribution in [-0.4, -0.2) is 22.9 Å². The van der Waals surface area contributed by atoms with Gasteiger partial charge in [-0.1, -0.05) is 36.6 Å². The Hall–Kier alpha value is -2.24. The lowest BCUT2D eigenvalue weighted by Crippen LogP contribution is -2.34. The van der Waals surface area contributed by atoms with Crippen LogP contribution in [0.2, 0.25) is 0 Å². The molecule has 2 heterocycles. The van der Waals surface area contributed by atoms with Crippen molar-refractivity contribution in [3.05, 3.63) is 40.6 Å². The van der Waals surface area contributed by atoms with Crippen LogP contribution in [0.25, 0.3) is 0 Å². The molecule has 6 nitrogen and oxygen atoms in total. The fourth-order valence-corrected chi connectivity index (χ4v) is 3.78. The lowest BCUT2D eigenvalue weighted by Gasteiger charge is -2.30. The van der Waals surface area contributed by atoms with Crippen molar-refractivity contribution in [2.75, 3.05) is 18.1 Å². The summed E-state index contributed by atoms with van der Waals surface area (Å²) in [6, 6.07) is 7.98. The van der Waals surface area contributed by atoms with Gasteiger partial charge in [0, 0.05) is 6.54 Å². The second-order valence-corrected chi connectivity index (χ2v) is 6.72. The van der Waals surface area contributed by atoms with E-state index in [9.17, 15) is 4.79 Å². The summed E-state index contributed by atoms with van der Waals surface area (Å²) >= 11 is 0. The fraction of sp³-hybridized carbons (Fsp3) is 0.556. The molecule has 2 aliphatic rings. The Kier molecular flexibility index (Phi) is 4.28. The highest BCUT2D eigenvalue weighted by atomic mass is 16.5. The first-order valence-corrected chi connectivity index (χ1v) is 8.83. The Bertz CT molecular complexity index is 746. The number of fused-ring (bicyclic) bond motifs is 1. The number of hydrogen-bond acceptors (Lipinski definition) is 5. The van der Waals surface area contributed by atoms with Gasteiger partial charge in [0.1, 0.15) is 12.4 Å². The van der Waals surface area contributed by atoms with Crippen molar-refractivity contribution < 1.29 is 9.26 Å². The van der Waals surface area contributed by atoms with Crippen molar-refractivity contribution in [2.45, 2.75) is 45.2 Å². The van der Waals surface area contributed by atoms with Gasteiger partial charge in [-0.2, -0.15) is 0 Å². The number of ether oxygens (including phenoxy) is 1. The van der Waals surface area contributed by atoms with E-state index in [1.54, 1.807) is 4.57 Å². The summed E-state index contributed by atoms with van der Waals surface area (Å²) in [4.78, 5) is 14.3. The topological polar surface area (TPSA) is 60.5 Å². The molecule has 1 saturated carbocycles. The van der Waals surface area contributed by atoms with E-state index in [1.165, 1.54) is 32.1 Å². The lowest BCUT2D eigenvalue weighted by molar-refractivity contribution is 0.299. The van der Waals surface area contributed by atoms with E-state index in [2.05, 4.69) is 10.1 Å². The van der Waals surface area contributed by atoms with Crippen LogP contribution in [0, 0.1) is 5.92 Å². The second-order valence-electron chi connectivity index (χ2n) is 6.72. The number of aromatic nitrogens is 2. The Morgan fingerprint density at radius 2 is 2.00 bits per heavy atom. The quantitative estimate of drug-likeness (QED) is 0.863. The van der Waals surface area contributed by atoms with Crippen molar-refractivity contribution in [3.63, 3.8) is 0 Å². The van der Waals surface area contributed by atoms with Crippen LogP contribution in [0.5, 0.6) is 5.75 Å². The molecule has 1 aliphatic heterocycles. The SMILES string of the molecule is O=c1onc(CN2CCOc3ccccc32)n1CC1CCCCC1. The summed E-state index contributed by atoms with van der Waals surface area (Å²) in [5.74, 6) is 1.82. The van der Waals surface area contributed by atoms with Gasteiger partial charge in [0.05, 0.1) is 18.8 Å². The summed E-state index contributed by atoms with van der Waals surface area (Å²) in [5, 5.41) is 4.04. The molecule has 0 radical (unpaired) electrons. The summed E-state index contributed by atoms with van der Waals surface area (Å²) in [6.45, 7) is 2.71. The van der Waals surface area contributed by atoms with Crippen LogP contribution in [0.4, 0.5) is 5.69 Å². The first-order chi connectivity index (χ1) is 11.8. The van der Waals surface area contributed by atoms with E-state index in [0.717, 1.165) is 24.5 Å². The molecule has 2 aromatic rings. The largest absolute Gasteiger partial charge is 0.490 e. The maximum atomic E-state index is 12.1. The number of rotatable bonds is 4.